The Hall–Kier alpha value is -2.51. The number of halogens is 1. The summed E-state index contributed by atoms with van der Waals surface area (Å²) in [5.74, 6) is 1.80. The maximum Gasteiger partial charge on any atom is 0.186 e. The molecular weight excluding hydrogens is 386 g/mol. The van der Waals surface area contributed by atoms with E-state index in [1.165, 1.54) is 0 Å². The second-order valence-corrected chi connectivity index (χ2v) is 6.26. The topological polar surface area (TPSA) is 64.1 Å². The minimum atomic E-state index is 0.329. The average Bonchev–Trinajstić information content (AvgIpc) is 2.67. The lowest BCUT2D eigenvalue weighted by molar-refractivity contribution is 0.210. The third-order valence-electron chi connectivity index (χ3n) is 3.54. The first-order valence-corrected chi connectivity index (χ1v) is 9.03. The Morgan fingerprint density at radius 2 is 1.93 bits per heavy atom. The van der Waals surface area contributed by atoms with E-state index >= 15 is 0 Å². The fourth-order valence-electron chi connectivity index (χ4n) is 2.19. The Bertz CT molecular complexity index is 815. The summed E-state index contributed by atoms with van der Waals surface area (Å²) in [6, 6.07) is 11.3. The van der Waals surface area contributed by atoms with Crippen molar-refractivity contribution in [3.05, 3.63) is 52.5 Å². The number of thiocarbonyl (C=S) groups is 1. The third kappa shape index (κ3) is 6.30. The summed E-state index contributed by atoms with van der Waals surface area (Å²) in [7, 11) is 3.26. The SMILES string of the molecule is CNC(=S)N/N=C/c1cc(Cl)c(OCCOc2ccccc2C)c(OC)c1. The van der Waals surface area contributed by atoms with E-state index in [0.29, 0.717) is 34.8 Å². The van der Waals surface area contributed by atoms with Gasteiger partial charge in [-0.3, -0.25) is 5.43 Å². The molecule has 0 amide bonds. The van der Waals surface area contributed by atoms with Crippen LogP contribution in [0.3, 0.4) is 0 Å². The van der Waals surface area contributed by atoms with Gasteiger partial charge in [0.2, 0.25) is 0 Å². The highest BCUT2D eigenvalue weighted by atomic mass is 35.5. The molecule has 8 heteroatoms. The highest BCUT2D eigenvalue weighted by molar-refractivity contribution is 7.80. The standard InChI is InChI=1S/C19H22ClN3O3S/c1-13-6-4-5-7-16(13)25-8-9-26-18-15(20)10-14(11-17(18)24-3)12-22-23-19(27)21-2/h4-7,10-12H,8-9H2,1-3H3,(H2,21,23,27)/b22-12+. The maximum absolute atomic E-state index is 6.34. The van der Waals surface area contributed by atoms with Gasteiger partial charge in [0.05, 0.1) is 18.3 Å². The van der Waals surface area contributed by atoms with Crippen molar-refractivity contribution in [2.75, 3.05) is 27.4 Å². The Labute approximate surface area is 169 Å². The van der Waals surface area contributed by atoms with Crippen molar-refractivity contribution in [2.45, 2.75) is 6.92 Å². The van der Waals surface area contributed by atoms with Crippen molar-refractivity contribution >= 4 is 35.1 Å². The molecule has 2 rings (SSSR count). The number of benzene rings is 2. The number of methoxy groups -OCH3 is 1. The van der Waals surface area contributed by atoms with E-state index in [9.17, 15) is 0 Å². The molecule has 0 saturated heterocycles. The summed E-state index contributed by atoms with van der Waals surface area (Å²) in [6.45, 7) is 2.71. The van der Waals surface area contributed by atoms with Crippen molar-refractivity contribution in [2.24, 2.45) is 5.10 Å². The molecule has 0 aliphatic carbocycles. The number of aryl methyl sites for hydroxylation is 1. The van der Waals surface area contributed by atoms with Gasteiger partial charge in [-0.05, 0) is 48.5 Å². The molecule has 144 valence electrons. The van der Waals surface area contributed by atoms with Gasteiger partial charge in [-0.15, -0.1) is 0 Å². The van der Waals surface area contributed by atoms with Gasteiger partial charge in [-0.2, -0.15) is 5.10 Å². The fourth-order valence-corrected chi connectivity index (χ4v) is 2.52. The molecule has 0 aliphatic heterocycles. The first-order valence-electron chi connectivity index (χ1n) is 8.24. The molecule has 0 radical (unpaired) electrons. The van der Waals surface area contributed by atoms with Gasteiger partial charge in [0.25, 0.3) is 0 Å². The summed E-state index contributed by atoms with van der Waals surface area (Å²) in [6.07, 6.45) is 1.59. The van der Waals surface area contributed by atoms with Crippen LogP contribution >= 0.6 is 23.8 Å². The number of para-hydroxylation sites is 1. The number of nitrogens with zero attached hydrogens (tertiary/aromatic N) is 1. The largest absolute Gasteiger partial charge is 0.493 e. The van der Waals surface area contributed by atoms with Crippen molar-refractivity contribution < 1.29 is 14.2 Å². The lowest BCUT2D eigenvalue weighted by atomic mass is 10.2. The predicted molar refractivity (Wildman–Crippen MR) is 113 cm³/mol. The van der Waals surface area contributed by atoms with E-state index in [2.05, 4.69) is 15.8 Å². The van der Waals surface area contributed by atoms with Crippen LogP contribution in [0.4, 0.5) is 0 Å². The molecule has 0 unspecified atom stereocenters. The molecule has 2 N–H and O–H groups in total. The molecule has 0 saturated carbocycles. The van der Waals surface area contributed by atoms with E-state index in [4.69, 9.17) is 38.0 Å². The maximum atomic E-state index is 6.34. The molecule has 27 heavy (non-hydrogen) atoms. The van der Waals surface area contributed by atoms with Crippen molar-refractivity contribution in [3.63, 3.8) is 0 Å². The Kier molecular flexibility index (Phi) is 8.16. The van der Waals surface area contributed by atoms with Gasteiger partial charge < -0.3 is 19.5 Å². The molecule has 0 aromatic heterocycles. The lowest BCUT2D eigenvalue weighted by Gasteiger charge is -2.14. The van der Waals surface area contributed by atoms with Gasteiger partial charge >= 0.3 is 0 Å². The molecule has 0 fully saturated rings. The summed E-state index contributed by atoms with van der Waals surface area (Å²) < 4.78 is 16.9. The number of nitrogens with one attached hydrogen (secondary N) is 2. The molecule has 2 aromatic rings. The van der Waals surface area contributed by atoms with Crippen LogP contribution in [-0.2, 0) is 0 Å². The van der Waals surface area contributed by atoms with Gasteiger partial charge in [-0.25, -0.2) is 0 Å². The predicted octanol–water partition coefficient (Wildman–Crippen LogP) is 3.54. The minimum Gasteiger partial charge on any atom is -0.493 e. The van der Waals surface area contributed by atoms with E-state index < -0.39 is 0 Å². The zero-order valence-electron chi connectivity index (χ0n) is 15.4. The number of hydrogen-bond acceptors (Lipinski definition) is 5. The van der Waals surface area contributed by atoms with Crippen LogP contribution in [0.25, 0.3) is 0 Å². The Morgan fingerprint density at radius 1 is 1.19 bits per heavy atom. The second kappa shape index (κ2) is 10.6. The Morgan fingerprint density at radius 3 is 2.63 bits per heavy atom. The van der Waals surface area contributed by atoms with Crippen molar-refractivity contribution in [1.82, 2.24) is 10.7 Å². The smallest absolute Gasteiger partial charge is 0.186 e. The molecule has 0 bridgehead atoms. The molecule has 0 aliphatic rings. The van der Waals surface area contributed by atoms with Crippen LogP contribution in [0.5, 0.6) is 17.2 Å². The number of hydrazone groups is 1. The number of rotatable bonds is 8. The fraction of sp³-hybridized carbons (Fsp3) is 0.263. The molecule has 0 spiro atoms. The Balaban J connectivity index is 1.98. The highest BCUT2D eigenvalue weighted by Crippen LogP contribution is 2.36. The third-order valence-corrected chi connectivity index (χ3v) is 4.12. The van der Waals surface area contributed by atoms with Crippen molar-refractivity contribution in [3.8, 4) is 17.2 Å². The first-order chi connectivity index (χ1) is 13.0. The summed E-state index contributed by atoms with van der Waals surface area (Å²) >= 11 is 11.3. The zero-order chi connectivity index (χ0) is 19.6. The van der Waals surface area contributed by atoms with Crippen LogP contribution in [0.1, 0.15) is 11.1 Å². The van der Waals surface area contributed by atoms with E-state index in [1.807, 2.05) is 31.2 Å². The van der Waals surface area contributed by atoms with E-state index in [1.54, 1.807) is 32.5 Å². The second-order valence-electron chi connectivity index (χ2n) is 5.45. The van der Waals surface area contributed by atoms with E-state index in [0.717, 1.165) is 16.9 Å². The monoisotopic (exact) mass is 407 g/mol. The van der Waals surface area contributed by atoms with Gasteiger partial charge in [-0.1, -0.05) is 29.8 Å². The van der Waals surface area contributed by atoms with Gasteiger partial charge in [0.1, 0.15) is 19.0 Å². The van der Waals surface area contributed by atoms with Crippen molar-refractivity contribution in [1.29, 1.82) is 0 Å². The average molecular weight is 408 g/mol. The highest BCUT2D eigenvalue weighted by Gasteiger charge is 2.12. The van der Waals surface area contributed by atoms with E-state index in [-0.39, 0.29) is 0 Å². The van der Waals surface area contributed by atoms with Gasteiger partial charge in [0, 0.05) is 7.05 Å². The summed E-state index contributed by atoms with van der Waals surface area (Å²) in [5, 5.41) is 7.62. The van der Waals surface area contributed by atoms with Crippen LogP contribution in [0.15, 0.2) is 41.5 Å². The quantitative estimate of drug-likeness (QED) is 0.302. The van der Waals surface area contributed by atoms with Crippen LogP contribution in [0.2, 0.25) is 5.02 Å². The molecular formula is C19H22ClN3O3S. The molecule has 0 heterocycles. The zero-order valence-corrected chi connectivity index (χ0v) is 17.0. The van der Waals surface area contributed by atoms with Crippen LogP contribution < -0.4 is 25.0 Å². The number of hydrogen-bond donors (Lipinski definition) is 2. The molecule has 0 atom stereocenters. The van der Waals surface area contributed by atoms with Gasteiger partial charge in [0.15, 0.2) is 16.6 Å². The van der Waals surface area contributed by atoms with Crippen LogP contribution in [-0.4, -0.2) is 38.7 Å². The lowest BCUT2D eigenvalue weighted by Crippen LogP contribution is -2.28. The normalized spacial score (nSPS) is 10.5. The van der Waals surface area contributed by atoms with Crippen LogP contribution in [0, 0.1) is 6.92 Å². The minimum absolute atomic E-state index is 0.329. The molecule has 2 aromatic carbocycles. The number of ether oxygens (including phenoxy) is 3. The summed E-state index contributed by atoms with van der Waals surface area (Å²) in [5.41, 5.74) is 4.49. The first kappa shape index (κ1) is 20.8. The summed E-state index contributed by atoms with van der Waals surface area (Å²) in [4.78, 5) is 0. The molecule has 6 nitrogen and oxygen atoms in total.